The van der Waals surface area contributed by atoms with Crippen molar-refractivity contribution >= 4 is 11.6 Å². The van der Waals surface area contributed by atoms with Gasteiger partial charge in [-0.3, -0.25) is 9.69 Å². The fourth-order valence-electron chi connectivity index (χ4n) is 4.02. The summed E-state index contributed by atoms with van der Waals surface area (Å²) in [6.07, 6.45) is 3.76. The third-order valence-corrected chi connectivity index (χ3v) is 5.65. The largest absolute Gasteiger partial charge is 0.390 e. The quantitative estimate of drug-likeness (QED) is 0.479. The van der Waals surface area contributed by atoms with E-state index in [-0.39, 0.29) is 18.1 Å². The van der Waals surface area contributed by atoms with E-state index in [1.54, 1.807) is 29.8 Å². The zero-order valence-corrected chi connectivity index (χ0v) is 17.7. The molecule has 5 rings (SSSR count). The van der Waals surface area contributed by atoms with Gasteiger partial charge in [0, 0.05) is 51.1 Å². The standard InChI is InChI=1S/C23H24N6O3/c1-15-25-22(27-32-15)18-6-7-21-26-20(14-29(21)12-18)23(31)24-10-19(30)13-28-9-8-16-4-2-3-5-17(16)11-28/h2-7,12,14,19,30H,8-11,13H2,1H3,(H,24,31). The van der Waals surface area contributed by atoms with Gasteiger partial charge in [0.15, 0.2) is 0 Å². The molecule has 0 spiro atoms. The second kappa shape index (κ2) is 8.52. The average molecular weight is 432 g/mol. The van der Waals surface area contributed by atoms with Crippen molar-refractivity contribution in [3.63, 3.8) is 0 Å². The molecule has 0 fully saturated rings. The summed E-state index contributed by atoms with van der Waals surface area (Å²) in [7, 11) is 0. The maximum absolute atomic E-state index is 12.6. The molecule has 4 aromatic rings. The zero-order valence-electron chi connectivity index (χ0n) is 17.7. The number of β-amino-alcohol motifs (C(OH)–C–C–N with tert-alkyl or cyclic N) is 1. The number of nitrogens with one attached hydrogen (secondary N) is 1. The minimum absolute atomic E-state index is 0.165. The third-order valence-electron chi connectivity index (χ3n) is 5.65. The highest BCUT2D eigenvalue weighted by molar-refractivity contribution is 5.92. The van der Waals surface area contributed by atoms with Gasteiger partial charge in [0.2, 0.25) is 11.7 Å². The molecule has 1 unspecified atom stereocenters. The predicted molar refractivity (Wildman–Crippen MR) is 117 cm³/mol. The number of aryl methyl sites for hydroxylation is 1. The van der Waals surface area contributed by atoms with E-state index in [1.165, 1.54) is 11.1 Å². The lowest BCUT2D eigenvalue weighted by molar-refractivity contribution is 0.0838. The molecule has 1 amide bonds. The van der Waals surface area contributed by atoms with Gasteiger partial charge in [-0.2, -0.15) is 4.98 Å². The Hall–Kier alpha value is -3.56. The molecule has 2 N–H and O–H groups in total. The SMILES string of the molecule is Cc1nc(-c2ccc3nc(C(=O)NCC(O)CN4CCc5ccccc5C4)cn3c2)no1. The van der Waals surface area contributed by atoms with Crippen LogP contribution >= 0.6 is 0 Å². The summed E-state index contributed by atoms with van der Waals surface area (Å²) in [4.78, 5) is 23.4. The lowest BCUT2D eigenvalue weighted by atomic mass is 10.00. The van der Waals surface area contributed by atoms with Gasteiger partial charge in [0.25, 0.3) is 5.91 Å². The van der Waals surface area contributed by atoms with Crippen LogP contribution in [0.5, 0.6) is 0 Å². The minimum atomic E-state index is -0.658. The molecule has 1 aromatic carbocycles. The van der Waals surface area contributed by atoms with E-state index in [1.807, 2.05) is 12.1 Å². The maximum atomic E-state index is 12.6. The van der Waals surface area contributed by atoms with Gasteiger partial charge in [0.05, 0.1) is 6.10 Å². The van der Waals surface area contributed by atoms with Crippen molar-refractivity contribution in [2.45, 2.75) is 26.0 Å². The molecule has 9 nitrogen and oxygen atoms in total. The van der Waals surface area contributed by atoms with Crippen LogP contribution < -0.4 is 5.32 Å². The number of imidazole rings is 1. The van der Waals surface area contributed by atoms with Crippen LogP contribution in [-0.2, 0) is 13.0 Å². The molecular weight excluding hydrogens is 408 g/mol. The van der Waals surface area contributed by atoms with Crippen LogP contribution in [0.15, 0.2) is 53.3 Å². The van der Waals surface area contributed by atoms with Gasteiger partial charge in [0.1, 0.15) is 11.3 Å². The number of nitrogens with zero attached hydrogens (tertiary/aromatic N) is 5. The fourth-order valence-corrected chi connectivity index (χ4v) is 4.02. The Labute approximate surface area is 184 Å². The summed E-state index contributed by atoms with van der Waals surface area (Å²) in [5.74, 6) is 0.638. The summed E-state index contributed by atoms with van der Waals surface area (Å²) < 4.78 is 6.77. The summed E-state index contributed by atoms with van der Waals surface area (Å²) in [5, 5.41) is 17.1. The Balaban J connectivity index is 1.18. The first kappa shape index (κ1) is 20.3. The molecule has 9 heteroatoms. The van der Waals surface area contributed by atoms with E-state index >= 15 is 0 Å². The Morgan fingerprint density at radius 1 is 1.19 bits per heavy atom. The van der Waals surface area contributed by atoms with E-state index in [0.29, 0.717) is 23.9 Å². The molecule has 0 radical (unpaired) electrons. The number of fused-ring (bicyclic) bond motifs is 2. The second-order valence-corrected chi connectivity index (χ2v) is 8.06. The van der Waals surface area contributed by atoms with Crippen LogP contribution in [0.4, 0.5) is 0 Å². The normalized spacial score (nSPS) is 14.9. The number of hydrogen-bond acceptors (Lipinski definition) is 7. The maximum Gasteiger partial charge on any atom is 0.271 e. The molecular formula is C23H24N6O3. The Morgan fingerprint density at radius 3 is 2.84 bits per heavy atom. The number of amides is 1. The minimum Gasteiger partial charge on any atom is -0.390 e. The average Bonchev–Trinajstić information content (AvgIpc) is 3.43. The van der Waals surface area contributed by atoms with Gasteiger partial charge in [-0.15, -0.1) is 0 Å². The molecule has 0 saturated heterocycles. The van der Waals surface area contributed by atoms with E-state index < -0.39 is 6.10 Å². The summed E-state index contributed by atoms with van der Waals surface area (Å²) >= 11 is 0. The van der Waals surface area contributed by atoms with Crippen LogP contribution in [0.2, 0.25) is 0 Å². The van der Waals surface area contributed by atoms with Gasteiger partial charge >= 0.3 is 0 Å². The number of aromatic nitrogens is 4. The Bertz CT molecular complexity index is 1260. The summed E-state index contributed by atoms with van der Waals surface area (Å²) in [6.45, 7) is 4.12. The van der Waals surface area contributed by atoms with E-state index in [0.717, 1.165) is 25.1 Å². The lowest BCUT2D eigenvalue weighted by Gasteiger charge is -2.30. The van der Waals surface area contributed by atoms with Crippen molar-refractivity contribution in [3.8, 4) is 11.4 Å². The number of carbonyl (C=O) groups is 1. The molecule has 4 heterocycles. The smallest absolute Gasteiger partial charge is 0.271 e. The molecule has 1 aliphatic heterocycles. The number of pyridine rings is 1. The topological polar surface area (TPSA) is 109 Å². The van der Waals surface area contributed by atoms with Gasteiger partial charge in [-0.05, 0) is 29.7 Å². The van der Waals surface area contributed by atoms with E-state index in [4.69, 9.17) is 4.52 Å². The highest BCUT2D eigenvalue weighted by Gasteiger charge is 2.19. The number of hydrogen-bond donors (Lipinski definition) is 2. The first-order valence-electron chi connectivity index (χ1n) is 10.6. The number of benzene rings is 1. The fraction of sp³-hybridized carbons (Fsp3) is 0.304. The first-order valence-corrected chi connectivity index (χ1v) is 10.6. The van der Waals surface area contributed by atoms with Crippen molar-refractivity contribution in [1.82, 2.24) is 29.7 Å². The number of aliphatic hydroxyl groups excluding tert-OH is 1. The first-order chi connectivity index (χ1) is 15.5. The van der Waals surface area contributed by atoms with Crippen LogP contribution in [0.3, 0.4) is 0 Å². The van der Waals surface area contributed by atoms with Crippen LogP contribution in [0.1, 0.15) is 27.5 Å². The van der Waals surface area contributed by atoms with Crippen LogP contribution in [0.25, 0.3) is 17.0 Å². The molecule has 32 heavy (non-hydrogen) atoms. The Kier molecular flexibility index (Phi) is 5.42. The van der Waals surface area contributed by atoms with Crippen molar-refractivity contribution in [1.29, 1.82) is 0 Å². The molecule has 1 aliphatic rings. The molecule has 0 bridgehead atoms. The van der Waals surface area contributed by atoms with Crippen molar-refractivity contribution < 1.29 is 14.4 Å². The summed E-state index contributed by atoms with van der Waals surface area (Å²) in [5.41, 5.74) is 4.35. The molecule has 3 aromatic heterocycles. The molecule has 0 aliphatic carbocycles. The highest BCUT2D eigenvalue weighted by Crippen LogP contribution is 2.19. The van der Waals surface area contributed by atoms with Crippen molar-refractivity contribution in [2.75, 3.05) is 19.6 Å². The predicted octanol–water partition coefficient (Wildman–Crippen LogP) is 1.84. The second-order valence-electron chi connectivity index (χ2n) is 8.06. The van der Waals surface area contributed by atoms with Gasteiger partial charge in [-0.1, -0.05) is 29.4 Å². The number of rotatable bonds is 6. The van der Waals surface area contributed by atoms with Gasteiger partial charge < -0.3 is 19.3 Å². The lowest BCUT2D eigenvalue weighted by Crippen LogP contribution is -2.42. The Morgan fingerprint density at radius 2 is 2.03 bits per heavy atom. The number of carbonyl (C=O) groups excluding carboxylic acids is 1. The van der Waals surface area contributed by atoms with E-state index in [9.17, 15) is 9.90 Å². The highest BCUT2D eigenvalue weighted by atomic mass is 16.5. The number of aliphatic hydroxyl groups is 1. The van der Waals surface area contributed by atoms with Crippen LogP contribution in [-0.4, -0.2) is 61.2 Å². The zero-order chi connectivity index (χ0) is 22.1. The summed E-state index contributed by atoms with van der Waals surface area (Å²) in [6, 6.07) is 12.0. The monoisotopic (exact) mass is 432 g/mol. The third kappa shape index (κ3) is 4.25. The van der Waals surface area contributed by atoms with Crippen LogP contribution in [0, 0.1) is 6.92 Å². The van der Waals surface area contributed by atoms with E-state index in [2.05, 4.69) is 43.5 Å². The van der Waals surface area contributed by atoms with Crippen molar-refractivity contribution in [3.05, 3.63) is 71.5 Å². The molecule has 0 saturated carbocycles. The molecule has 164 valence electrons. The van der Waals surface area contributed by atoms with Gasteiger partial charge in [-0.25, -0.2) is 4.98 Å². The molecule has 1 atom stereocenters. The van der Waals surface area contributed by atoms with Crippen molar-refractivity contribution in [2.24, 2.45) is 0 Å².